The summed E-state index contributed by atoms with van der Waals surface area (Å²) in [5.41, 5.74) is 0.941. The number of amides is 1. The average molecular weight is 526 g/mol. The lowest BCUT2D eigenvalue weighted by atomic mass is 9.95. The Balaban J connectivity index is 1.72. The molecule has 1 N–H and O–H groups in total. The van der Waals surface area contributed by atoms with Gasteiger partial charge in [0, 0.05) is 27.7 Å². The molecular weight excluding hydrogens is 513 g/mol. The zero-order valence-corrected chi connectivity index (χ0v) is 19.8. The fraction of sp³-hybridized carbons (Fsp3) is 0.0417. The van der Waals surface area contributed by atoms with Crippen molar-refractivity contribution < 1.29 is 19.6 Å². The molecule has 2 heterocycles. The van der Waals surface area contributed by atoms with E-state index in [1.54, 1.807) is 30.3 Å². The first kappa shape index (κ1) is 23.0. The molecule has 0 saturated carbocycles. The summed E-state index contributed by atoms with van der Waals surface area (Å²) in [6.07, 6.45) is 0. The van der Waals surface area contributed by atoms with Gasteiger partial charge in [-0.25, -0.2) is 4.98 Å². The van der Waals surface area contributed by atoms with Crippen LogP contribution in [0.4, 0.5) is 10.8 Å². The number of non-ortho nitro benzene ring substituents is 1. The van der Waals surface area contributed by atoms with Crippen LogP contribution in [-0.4, -0.2) is 26.7 Å². The number of thiazole rings is 1. The second-order valence-electron chi connectivity index (χ2n) is 7.63. The van der Waals surface area contributed by atoms with E-state index in [1.807, 2.05) is 0 Å². The summed E-state index contributed by atoms with van der Waals surface area (Å²) < 4.78 is 0.703. The van der Waals surface area contributed by atoms with Gasteiger partial charge in [-0.3, -0.25) is 24.6 Å². The van der Waals surface area contributed by atoms with Gasteiger partial charge in [0.2, 0.25) is 0 Å². The smallest absolute Gasteiger partial charge is 0.301 e. The van der Waals surface area contributed by atoms with E-state index in [9.17, 15) is 24.8 Å². The first-order valence-corrected chi connectivity index (χ1v) is 11.7. The summed E-state index contributed by atoms with van der Waals surface area (Å²) in [5.74, 6) is -2.18. The molecule has 1 aliphatic heterocycles. The van der Waals surface area contributed by atoms with E-state index < -0.39 is 28.4 Å². The van der Waals surface area contributed by atoms with Crippen LogP contribution < -0.4 is 4.90 Å². The summed E-state index contributed by atoms with van der Waals surface area (Å²) in [5, 5.41) is 23.4. The zero-order chi connectivity index (χ0) is 24.9. The number of nitro benzene ring substituents is 1. The van der Waals surface area contributed by atoms with Gasteiger partial charge in [-0.05, 0) is 60.2 Å². The highest BCUT2D eigenvalue weighted by Gasteiger charge is 2.48. The molecule has 0 aliphatic carbocycles. The number of anilines is 1. The van der Waals surface area contributed by atoms with Crippen molar-refractivity contribution in [2.24, 2.45) is 0 Å². The molecule has 174 valence electrons. The van der Waals surface area contributed by atoms with Gasteiger partial charge in [0.15, 0.2) is 5.13 Å². The van der Waals surface area contributed by atoms with E-state index in [-0.39, 0.29) is 22.0 Å². The fourth-order valence-corrected chi connectivity index (χ4v) is 5.27. The van der Waals surface area contributed by atoms with Gasteiger partial charge < -0.3 is 5.11 Å². The number of Topliss-reactive ketones (excluding diaryl/α,β-unsaturated/α-hetero) is 1. The number of rotatable bonds is 4. The van der Waals surface area contributed by atoms with Gasteiger partial charge in [0.05, 0.1) is 26.8 Å². The van der Waals surface area contributed by atoms with E-state index in [0.29, 0.717) is 25.8 Å². The molecule has 11 heteroatoms. The standard InChI is InChI=1S/C24H13Cl2N3O5S/c25-14-5-1-13(2-6-14)21(30)19-20(12-3-8-16(9-4-12)29(33)34)28(23(32)22(19)31)24-27-17-10-7-15(26)11-18(17)35-24/h1-11,20,30H/b21-19+. The minimum atomic E-state index is -1.07. The largest absolute Gasteiger partial charge is 0.507 e. The van der Waals surface area contributed by atoms with E-state index in [1.165, 1.54) is 41.3 Å². The van der Waals surface area contributed by atoms with Crippen LogP contribution in [0.5, 0.6) is 0 Å². The average Bonchev–Trinajstić information content (AvgIpc) is 3.37. The number of fused-ring (bicyclic) bond motifs is 1. The molecule has 0 radical (unpaired) electrons. The number of aliphatic hydroxyl groups is 1. The number of carbonyl (C=O) groups is 2. The van der Waals surface area contributed by atoms with Crippen LogP contribution in [0.1, 0.15) is 17.2 Å². The molecule has 1 saturated heterocycles. The highest BCUT2D eigenvalue weighted by atomic mass is 35.5. The molecule has 1 aliphatic rings. The molecule has 0 spiro atoms. The van der Waals surface area contributed by atoms with Crippen molar-refractivity contribution in [2.75, 3.05) is 4.90 Å². The lowest BCUT2D eigenvalue weighted by Crippen LogP contribution is -2.29. The Kier molecular flexibility index (Phi) is 5.76. The van der Waals surface area contributed by atoms with Crippen LogP contribution in [0.15, 0.2) is 72.3 Å². The van der Waals surface area contributed by atoms with Gasteiger partial charge in [-0.2, -0.15) is 0 Å². The molecule has 1 aromatic heterocycles. The molecule has 4 aromatic rings. The number of aromatic nitrogens is 1. The number of nitro groups is 1. The van der Waals surface area contributed by atoms with Gasteiger partial charge in [-0.15, -0.1) is 0 Å². The first-order chi connectivity index (χ1) is 16.7. The number of aliphatic hydroxyl groups excluding tert-OH is 1. The van der Waals surface area contributed by atoms with E-state index >= 15 is 0 Å². The van der Waals surface area contributed by atoms with Gasteiger partial charge in [0.1, 0.15) is 5.76 Å². The number of ketones is 1. The molecule has 1 amide bonds. The lowest BCUT2D eigenvalue weighted by molar-refractivity contribution is -0.384. The maximum atomic E-state index is 13.3. The Hall–Kier alpha value is -3.79. The Bertz CT molecular complexity index is 1550. The maximum absolute atomic E-state index is 13.3. The van der Waals surface area contributed by atoms with Crippen molar-refractivity contribution in [2.45, 2.75) is 6.04 Å². The monoisotopic (exact) mass is 525 g/mol. The van der Waals surface area contributed by atoms with Crippen LogP contribution in [0.3, 0.4) is 0 Å². The number of hydrogen-bond donors (Lipinski definition) is 1. The van der Waals surface area contributed by atoms with Gasteiger partial charge in [-0.1, -0.05) is 34.5 Å². The van der Waals surface area contributed by atoms with Crippen molar-refractivity contribution in [1.82, 2.24) is 4.98 Å². The Morgan fingerprint density at radius 1 is 1.00 bits per heavy atom. The molecule has 3 aromatic carbocycles. The van der Waals surface area contributed by atoms with E-state index in [4.69, 9.17) is 23.2 Å². The molecule has 5 rings (SSSR count). The zero-order valence-electron chi connectivity index (χ0n) is 17.5. The lowest BCUT2D eigenvalue weighted by Gasteiger charge is -2.22. The third kappa shape index (κ3) is 4.03. The first-order valence-electron chi connectivity index (χ1n) is 10.1. The number of hydrogen-bond acceptors (Lipinski definition) is 7. The molecule has 1 atom stereocenters. The third-order valence-electron chi connectivity index (χ3n) is 5.53. The fourth-order valence-electron chi connectivity index (χ4n) is 3.88. The van der Waals surface area contributed by atoms with E-state index in [2.05, 4.69) is 4.98 Å². The van der Waals surface area contributed by atoms with Crippen molar-refractivity contribution in [1.29, 1.82) is 0 Å². The molecular formula is C24H13Cl2N3O5S. The van der Waals surface area contributed by atoms with Crippen molar-refractivity contribution in [3.8, 4) is 0 Å². The van der Waals surface area contributed by atoms with Gasteiger partial charge in [0.25, 0.3) is 11.5 Å². The second-order valence-corrected chi connectivity index (χ2v) is 9.52. The summed E-state index contributed by atoms with van der Waals surface area (Å²) in [6.45, 7) is 0. The summed E-state index contributed by atoms with van der Waals surface area (Å²) >= 11 is 13.2. The Morgan fingerprint density at radius 3 is 2.31 bits per heavy atom. The van der Waals surface area contributed by atoms with Crippen molar-refractivity contribution >= 4 is 73.0 Å². The molecule has 1 unspecified atom stereocenters. The third-order valence-corrected chi connectivity index (χ3v) is 7.03. The minimum Gasteiger partial charge on any atom is -0.507 e. The van der Waals surface area contributed by atoms with Crippen molar-refractivity contribution in [3.63, 3.8) is 0 Å². The second kappa shape index (κ2) is 8.77. The number of nitrogens with zero attached hydrogens (tertiary/aromatic N) is 3. The number of halogens is 2. The van der Waals surface area contributed by atoms with Crippen LogP contribution in [0.25, 0.3) is 16.0 Å². The quantitative estimate of drug-likeness (QED) is 0.112. The number of carbonyl (C=O) groups excluding carboxylic acids is 2. The van der Waals surface area contributed by atoms with Crippen LogP contribution in [-0.2, 0) is 9.59 Å². The Morgan fingerprint density at radius 2 is 1.66 bits per heavy atom. The maximum Gasteiger partial charge on any atom is 0.301 e. The predicted molar refractivity (Wildman–Crippen MR) is 134 cm³/mol. The normalized spacial score (nSPS) is 17.3. The molecule has 0 bridgehead atoms. The Labute approximate surface area is 211 Å². The van der Waals surface area contributed by atoms with Crippen molar-refractivity contribution in [3.05, 3.63) is 104 Å². The SMILES string of the molecule is O=C1C(=O)N(c2nc3ccc(Cl)cc3s2)C(c2ccc([N+](=O)[O-])cc2)/C1=C(\O)c1ccc(Cl)cc1. The molecule has 1 fully saturated rings. The highest BCUT2D eigenvalue weighted by molar-refractivity contribution is 7.22. The topological polar surface area (TPSA) is 114 Å². The van der Waals surface area contributed by atoms with Crippen LogP contribution in [0, 0.1) is 10.1 Å². The summed E-state index contributed by atoms with van der Waals surface area (Å²) in [7, 11) is 0. The summed E-state index contributed by atoms with van der Waals surface area (Å²) in [6, 6.07) is 15.6. The molecule has 35 heavy (non-hydrogen) atoms. The van der Waals surface area contributed by atoms with E-state index in [0.717, 1.165) is 11.3 Å². The minimum absolute atomic E-state index is 0.155. The molecule has 8 nitrogen and oxygen atoms in total. The van der Waals surface area contributed by atoms with Crippen LogP contribution >= 0.6 is 34.5 Å². The number of benzene rings is 3. The summed E-state index contributed by atoms with van der Waals surface area (Å²) in [4.78, 5) is 42.8. The van der Waals surface area contributed by atoms with Crippen LogP contribution in [0.2, 0.25) is 10.0 Å². The highest BCUT2D eigenvalue weighted by Crippen LogP contribution is 2.44. The van der Waals surface area contributed by atoms with Gasteiger partial charge >= 0.3 is 5.91 Å². The predicted octanol–water partition coefficient (Wildman–Crippen LogP) is 6.14.